The van der Waals surface area contributed by atoms with Crippen molar-refractivity contribution in [1.82, 2.24) is 14.7 Å². The van der Waals surface area contributed by atoms with Gasteiger partial charge < -0.3 is 15.7 Å². The van der Waals surface area contributed by atoms with Crippen molar-refractivity contribution in [3.05, 3.63) is 18.0 Å². The summed E-state index contributed by atoms with van der Waals surface area (Å²) in [5.41, 5.74) is 6.64. The Morgan fingerprint density at radius 1 is 1.59 bits per heavy atom. The number of hydrogen-bond donors (Lipinski definition) is 2. The Kier molecular flexibility index (Phi) is 3.44. The van der Waals surface area contributed by atoms with E-state index in [1.54, 1.807) is 29.0 Å². The number of rotatable bonds is 2. The molecule has 6 heteroatoms. The summed E-state index contributed by atoms with van der Waals surface area (Å²) in [7, 11) is 1.79. The molecule has 1 aromatic rings. The molecular weight excluding hydrogens is 220 g/mol. The van der Waals surface area contributed by atoms with Gasteiger partial charge in [0.2, 0.25) is 5.91 Å². The van der Waals surface area contributed by atoms with Crippen LogP contribution in [0, 0.1) is 0 Å². The molecule has 1 aromatic heterocycles. The van der Waals surface area contributed by atoms with Crippen molar-refractivity contribution in [2.24, 2.45) is 12.8 Å². The van der Waals surface area contributed by atoms with Gasteiger partial charge in [0, 0.05) is 31.9 Å². The highest BCUT2D eigenvalue weighted by atomic mass is 16.3. The fourth-order valence-electron chi connectivity index (χ4n) is 2.03. The van der Waals surface area contributed by atoms with Gasteiger partial charge in [-0.3, -0.25) is 9.48 Å². The summed E-state index contributed by atoms with van der Waals surface area (Å²) in [6.07, 6.45) is 4.34. The van der Waals surface area contributed by atoms with Crippen LogP contribution in [0.3, 0.4) is 0 Å². The van der Waals surface area contributed by atoms with E-state index in [0.29, 0.717) is 25.9 Å². The van der Waals surface area contributed by atoms with Crippen molar-refractivity contribution in [2.75, 3.05) is 13.1 Å². The molecule has 94 valence electrons. The van der Waals surface area contributed by atoms with E-state index in [2.05, 4.69) is 5.10 Å². The minimum atomic E-state index is -0.654. The van der Waals surface area contributed by atoms with Gasteiger partial charge in [-0.05, 0) is 12.8 Å². The summed E-state index contributed by atoms with van der Waals surface area (Å²) >= 11 is 0. The Hall–Kier alpha value is -1.40. The van der Waals surface area contributed by atoms with Crippen LogP contribution in [0.25, 0.3) is 0 Å². The molecule has 0 aliphatic carbocycles. The summed E-state index contributed by atoms with van der Waals surface area (Å²) < 4.78 is 1.63. The maximum Gasteiger partial charge on any atom is 0.244 e. The Balaban J connectivity index is 2.00. The molecule has 1 amide bonds. The standard InChI is InChI=1S/C11H18N4O2/c1-14-7-8(6-13-14)10(12)11(17)15-4-2-9(16)3-5-15/h6-7,9-10,16H,2-5,12H2,1H3. The van der Waals surface area contributed by atoms with Gasteiger partial charge in [-0.15, -0.1) is 0 Å². The van der Waals surface area contributed by atoms with Crippen LogP contribution in [0.4, 0.5) is 0 Å². The van der Waals surface area contributed by atoms with Gasteiger partial charge in [0.05, 0.1) is 12.3 Å². The number of aryl methyl sites for hydroxylation is 1. The predicted octanol–water partition coefficient (Wildman–Crippen LogP) is -0.597. The SMILES string of the molecule is Cn1cc(C(N)C(=O)N2CCC(O)CC2)cn1. The highest BCUT2D eigenvalue weighted by Gasteiger charge is 2.26. The van der Waals surface area contributed by atoms with Gasteiger partial charge in [-0.25, -0.2) is 0 Å². The molecule has 1 aliphatic heterocycles. The normalized spacial score (nSPS) is 19.4. The Morgan fingerprint density at radius 2 is 2.24 bits per heavy atom. The molecule has 17 heavy (non-hydrogen) atoms. The quantitative estimate of drug-likeness (QED) is 0.721. The van der Waals surface area contributed by atoms with Crippen molar-refractivity contribution in [2.45, 2.75) is 25.0 Å². The molecule has 0 saturated carbocycles. The third kappa shape index (κ3) is 2.65. The molecule has 0 radical (unpaired) electrons. The van der Waals surface area contributed by atoms with Crippen molar-refractivity contribution < 1.29 is 9.90 Å². The average molecular weight is 238 g/mol. The zero-order chi connectivity index (χ0) is 12.4. The molecule has 0 aromatic carbocycles. The number of amides is 1. The average Bonchev–Trinajstić information content (AvgIpc) is 2.75. The second-order valence-electron chi connectivity index (χ2n) is 4.48. The van der Waals surface area contributed by atoms with E-state index in [0.717, 1.165) is 5.56 Å². The lowest BCUT2D eigenvalue weighted by atomic mass is 10.1. The van der Waals surface area contributed by atoms with E-state index in [4.69, 9.17) is 5.73 Å². The molecule has 2 rings (SSSR count). The van der Waals surface area contributed by atoms with Crippen LogP contribution in [0.2, 0.25) is 0 Å². The first-order valence-corrected chi connectivity index (χ1v) is 5.79. The maximum absolute atomic E-state index is 12.1. The molecule has 2 heterocycles. The first-order valence-electron chi connectivity index (χ1n) is 5.79. The number of aromatic nitrogens is 2. The number of nitrogens with zero attached hydrogens (tertiary/aromatic N) is 3. The molecule has 0 bridgehead atoms. The van der Waals surface area contributed by atoms with Crippen LogP contribution < -0.4 is 5.73 Å². The highest BCUT2D eigenvalue weighted by Crippen LogP contribution is 2.16. The summed E-state index contributed by atoms with van der Waals surface area (Å²) in [5.74, 6) is -0.0927. The van der Waals surface area contributed by atoms with Crippen LogP contribution in [-0.4, -0.2) is 44.9 Å². The summed E-state index contributed by atoms with van der Waals surface area (Å²) in [4.78, 5) is 13.8. The number of aliphatic hydroxyl groups is 1. The lowest BCUT2D eigenvalue weighted by Gasteiger charge is -2.31. The van der Waals surface area contributed by atoms with E-state index in [-0.39, 0.29) is 12.0 Å². The number of nitrogens with two attached hydrogens (primary N) is 1. The van der Waals surface area contributed by atoms with Crippen LogP contribution in [0.15, 0.2) is 12.4 Å². The lowest BCUT2D eigenvalue weighted by Crippen LogP contribution is -2.44. The number of carbonyl (C=O) groups excluding carboxylic acids is 1. The fourth-order valence-corrected chi connectivity index (χ4v) is 2.03. The smallest absolute Gasteiger partial charge is 0.244 e. The fraction of sp³-hybridized carbons (Fsp3) is 0.636. The number of hydrogen-bond acceptors (Lipinski definition) is 4. The largest absolute Gasteiger partial charge is 0.393 e. The van der Waals surface area contributed by atoms with Crippen LogP contribution in [-0.2, 0) is 11.8 Å². The Bertz CT molecular complexity index is 396. The van der Waals surface area contributed by atoms with Crippen molar-refractivity contribution in [3.63, 3.8) is 0 Å². The van der Waals surface area contributed by atoms with Gasteiger partial charge >= 0.3 is 0 Å². The molecule has 1 aliphatic rings. The predicted molar refractivity (Wildman–Crippen MR) is 62.0 cm³/mol. The molecule has 1 atom stereocenters. The second kappa shape index (κ2) is 4.85. The first kappa shape index (κ1) is 12.1. The van der Waals surface area contributed by atoms with E-state index < -0.39 is 6.04 Å². The number of piperidine rings is 1. The summed E-state index contributed by atoms with van der Waals surface area (Å²) in [6.45, 7) is 1.15. The van der Waals surface area contributed by atoms with Gasteiger partial charge in [0.15, 0.2) is 0 Å². The zero-order valence-corrected chi connectivity index (χ0v) is 9.91. The molecule has 1 saturated heterocycles. The summed E-state index contributed by atoms with van der Waals surface area (Å²) in [6, 6.07) is -0.654. The maximum atomic E-state index is 12.1. The Morgan fingerprint density at radius 3 is 2.76 bits per heavy atom. The monoisotopic (exact) mass is 238 g/mol. The molecule has 1 fully saturated rings. The van der Waals surface area contributed by atoms with Crippen molar-refractivity contribution >= 4 is 5.91 Å². The van der Waals surface area contributed by atoms with Crippen LogP contribution in [0.5, 0.6) is 0 Å². The van der Waals surface area contributed by atoms with Crippen LogP contribution in [0.1, 0.15) is 24.4 Å². The molecule has 0 spiro atoms. The molecule has 1 unspecified atom stereocenters. The first-order chi connectivity index (χ1) is 8.08. The van der Waals surface area contributed by atoms with E-state index in [9.17, 15) is 9.90 Å². The van der Waals surface area contributed by atoms with Gasteiger partial charge in [-0.1, -0.05) is 0 Å². The number of likely N-dealkylation sites (tertiary alicyclic amines) is 1. The minimum absolute atomic E-state index is 0.0927. The molecule has 6 nitrogen and oxygen atoms in total. The number of carbonyl (C=O) groups is 1. The lowest BCUT2D eigenvalue weighted by molar-refractivity contribution is -0.134. The van der Waals surface area contributed by atoms with E-state index in [1.165, 1.54) is 0 Å². The van der Waals surface area contributed by atoms with Crippen molar-refractivity contribution in [1.29, 1.82) is 0 Å². The third-order valence-electron chi connectivity index (χ3n) is 3.13. The van der Waals surface area contributed by atoms with Crippen molar-refractivity contribution in [3.8, 4) is 0 Å². The van der Waals surface area contributed by atoms with Crippen LogP contribution >= 0.6 is 0 Å². The topological polar surface area (TPSA) is 84.4 Å². The summed E-state index contributed by atoms with van der Waals surface area (Å²) in [5, 5.41) is 13.4. The van der Waals surface area contributed by atoms with Gasteiger partial charge in [0.1, 0.15) is 6.04 Å². The minimum Gasteiger partial charge on any atom is -0.393 e. The third-order valence-corrected chi connectivity index (χ3v) is 3.13. The van der Waals surface area contributed by atoms with Gasteiger partial charge in [-0.2, -0.15) is 5.10 Å². The molecular formula is C11H18N4O2. The molecule has 3 N–H and O–H groups in total. The zero-order valence-electron chi connectivity index (χ0n) is 9.91. The highest BCUT2D eigenvalue weighted by molar-refractivity contribution is 5.83. The Labute approximate surface area is 100 Å². The number of aliphatic hydroxyl groups excluding tert-OH is 1. The van der Waals surface area contributed by atoms with E-state index in [1.807, 2.05) is 0 Å². The second-order valence-corrected chi connectivity index (χ2v) is 4.48. The van der Waals surface area contributed by atoms with Gasteiger partial charge in [0.25, 0.3) is 0 Å². The van der Waals surface area contributed by atoms with E-state index >= 15 is 0 Å².